The Morgan fingerprint density at radius 3 is 2.50 bits per heavy atom. The van der Waals surface area contributed by atoms with Crippen molar-refractivity contribution in [2.45, 2.75) is 0 Å². The van der Waals surface area contributed by atoms with E-state index in [9.17, 15) is 13.2 Å². The van der Waals surface area contributed by atoms with Crippen molar-refractivity contribution in [3.05, 3.63) is 52.5 Å². The normalized spacial score (nSPS) is 11.3. The predicted octanol–water partition coefficient (Wildman–Crippen LogP) is 2.38. The number of methoxy groups -OCH3 is 2. The van der Waals surface area contributed by atoms with Gasteiger partial charge in [-0.2, -0.15) is 5.10 Å². The first kappa shape index (κ1) is 21.7. The lowest BCUT2D eigenvalue weighted by Crippen LogP contribution is -2.39. The number of sulfonamides is 1. The van der Waals surface area contributed by atoms with Crippen LogP contribution in [0, 0.1) is 0 Å². The monoisotopic (exact) mass is 469 g/mol. The van der Waals surface area contributed by atoms with Crippen molar-refractivity contribution in [2.75, 3.05) is 31.3 Å². The summed E-state index contributed by atoms with van der Waals surface area (Å²) >= 11 is 3.29. The lowest BCUT2D eigenvalue weighted by molar-refractivity contribution is -0.119. The maximum Gasteiger partial charge on any atom is 0.260 e. The van der Waals surface area contributed by atoms with Crippen molar-refractivity contribution in [3.63, 3.8) is 0 Å². The van der Waals surface area contributed by atoms with Gasteiger partial charge < -0.3 is 9.47 Å². The number of carbonyl (C=O) groups is 1. The van der Waals surface area contributed by atoms with Crippen molar-refractivity contribution in [1.29, 1.82) is 0 Å². The molecule has 1 amide bonds. The number of amides is 1. The molecule has 2 aromatic rings. The first-order valence-corrected chi connectivity index (χ1v) is 10.7. The summed E-state index contributed by atoms with van der Waals surface area (Å²) in [7, 11) is -0.606. The molecule has 0 spiro atoms. The van der Waals surface area contributed by atoms with E-state index < -0.39 is 22.5 Å². The van der Waals surface area contributed by atoms with Crippen molar-refractivity contribution in [2.24, 2.45) is 5.10 Å². The number of hydrogen-bond acceptors (Lipinski definition) is 6. The van der Waals surface area contributed by atoms with Gasteiger partial charge in [-0.05, 0) is 42.0 Å². The number of carbonyl (C=O) groups excluding carboxylic acids is 1. The fourth-order valence-electron chi connectivity index (χ4n) is 2.31. The molecule has 0 radical (unpaired) electrons. The Bertz CT molecular complexity index is 979. The average molecular weight is 470 g/mol. The molecule has 0 aliphatic rings. The van der Waals surface area contributed by atoms with Crippen LogP contribution in [0.2, 0.25) is 0 Å². The minimum atomic E-state index is -3.65. The summed E-state index contributed by atoms with van der Waals surface area (Å²) < 4.78 is 36.2. The topological polar surface area (TPSA) is 97.3 Å². The molecule has 2 aromatic carbocycles. The third-order valence-electron chi connectivity index (χ3n) is 3.59. The Morgan fingerprint density at radius 2 is 1.89 bits per heavy atom. The van der Waals surface area contributed by atoms with Gasteiger partial charge in [0, 0.05) is 4.47 Å². The number of nitrogens with one attached hydrogen (secondary N) is 1. The van der Waals surface area contributed by atoms with Crippen LogP contribution in [0.5, 0.6) is 11.5 Å². The third-order valence-corrected chi connectivity index (χ3v) is 5.23. The van der Waals surface area contributed by atoms with Crippen LogP contribution in [0.1, 0.15) is 5.56 Å². The molecule has 0 bridgehead atoms. The molecule has 0 saturated heterocycles. The number of rotatable bonds is 8. The lowest BCUT2D eigenvalue weighted by atomic mass is 10.2. The number of hydrogen-bond donors (Lipinski definition) is 1. The summed E-state index contributed by atoms with van der Waals surface area (Å²) in [5.74, 6) is 0.513. The van der Waals surface area contributed by atoms with E-state index in [1.54, 1.807) is 42.5 Å². The number of anilines is 1. The van der Waals surface area contributed by atoms with E-state index in [1.165, 1.54) is 20.4 Å². The van der Waals surface area contributed by atoms with Crippen LogP contribution in [-0.2, 0) is 14.8 Å². The van der Waals surface area contributed by atoms with Crippen LogP contribution in [0.15, 0.2) is 52.0 Å². The fraction of sp³-hybridized carbons (Fsp3) is 0.222. The Labute approximate surface area is 172 Å². The van der Waals surface area contributed by atoms with Crippen LogP contribution in [0.4, 0.5) is 5.69 Å². The average Bonchev–Trinajstić information content (AvgIpc) is 2.65. The zero-order valence-corrected chi connectivity index (χ0v) is 18.0. The molecule has 0 aromatic heterocycles. The fourth-order valence-corrected chi connectivity index (χ4v) is 3.54. The van der Waals surface area contributed by atoms with Gasteiger partial charge in [0.05, 0.1) is 32.4 Å². The summed E-state index contributed by atoms with van der Waals surface area (Å²) in [6.07, 6.45) is 2.46. The van der Waals surface area contributed by atoms with Gasteiger partial charge in [-0.15, -0.1) is 0 Å². The Morgan fingerprint density at radius 1 is 1.18 bits per heavy atom. The molecule has 0 fully saturated rings. The van der Waals surface area contributed by atoms with Crippen molar-refractivity contribution in [3.8, 4) is 11.5 Å². The smallest absolute Gasteiger partial charge is 0.260 e. The third kappa shape index (κ3) is 5.96. The van der Waals surface area contributed by atoms with Gasteiger partial charge in [-0.3, -0.25) is 9.10 Å². The molecule has 0 aliphatic carbocycles. The highest BCUT2D eigenvalue weighted by Crippen LogP contribution is 2.26. The highest BCUT2D eigenvalue weighted by Gasteiger charge is 2.20. The molecule has 10 heteroatoms. The first-order chi connectivity index (χ1) is 13.2. The lowest BCUT2D eigenvalue weighted by Gasteiger charge is -2.21. The summed E-state index contributed by atoms with van der Waals surface area (Å²) in [5, 5.41) is 3.87. The predicted molar refractivity (Wildman–Crippen MR) is 112 cm³/mol. The van der Waals surface area contributed by atoms with Gasteiger partial charge >= 0.3 is 0 Å². The highest BCUT2D eigenvalue weighted by molar-refractivity contribution is 9.10. The quantitative estimate of drug-likeness (QED) is 0.472. The van der Waals surface area contributed by atoms with Crippen LogP contribution in [-0.4, -0.2) is 47.6 Å². The maximum atomic E-state index is 12.2. The molecule has 0 saturated carbocycles. The number of benzene rings is 2. The molecule has 0 atom stereocenters. The van der Waals surface area contributed by atoms with Gasteiger partial charge in [0.1, 0.15) is 6.54 Å². The molecule has 0 unspecified atom stereocenters. The van der Waals surface area contributed by atoms with E-state index >= 15 is 0 Å². The van der Waals surface area contributed by atoms with Crippen molar-refractivity contribution in [1.82, 2.24) is 5.43 Å². The van der Waals surface area contributed by atoms with Crippen LogP contribution < -0.4 is 19.2 Å². The Kier molecular flexibility index (Phi) is 7.41. The van der Waals surface area contributed by atoms with E-state index in [4.69, 9.17) is 9.47 Å². The molecule has 0 heterocycles. The highest BCUT2D eigenvalue weighted by atomic mass is 79.9. The summed E-state index contributed by atoms with van der Waals surface area (Å²) in [5.41, 5.74) is 3.37. The second kappa shape index (κ2) is 9.56. The van der Waals surface area contributed by atoms with Crippen LogP contribution >= 0.6 is 15.9 Å². The molecular weight excluding hydrogens is 450 g/mol. The van der Waals surface area contributed by atoms with Gasteiger partial charge in [-0.1, -0.05) is 22.0 Å². The zero-order valence-electron chi connectivity index (χ0n) is 15.5. The second-order valence-corrected chi connectivity index (χ2v) is 8.48. The van der Waals surface area contributed by atoms with Gasteiger partial charge in [-0.25, -0.2) is 13.8 Å². The molecule has 0 aliphatic heterocycles. The Balaban J connectivity index is 2.08. The van der Waals surface area contributed by atoms with E-state index in [-0.39, 0.29) is 0 Å². The van der Waals surface area contributed by atoms with Gasteiger partial charge in [0.15, 0.2) is 11.5 Å². The van der Waals surface area contributed by atoms with Crippen LogP contribution in [0.25, 0.3) is 0 Å². The molecule has 28 heavy (non-hydrogen) atoms. The zero-order chi connectivity index (χ0) is 20.7. The molecular formula is C18H20BrN3O5S. The van der Waals surface area contributed by atoms with E-state index in [1.807, 2.05) is 0 Å². The summed E-state index contributed by atoms with van der Waals surface area (Å²) in [6.45, 7) is -0.404. The standard InChI is InChI=1S/C18H20BrN3O5S/c1-26-16-8-7-13(9-17(16)27-2)11-20-21-18(23)12-22(28(3,24)25)15-6-4-5-14(19)10-15/h4-11H,12H2,1-3H3,(H,21,23)/b20-11-. The van der Waals surface area contributed by atoms with E-state index in [0.717, 1.165) is 10.6 Å². The Hall–Kier alpha value is -2.59. The summed E-state index contributed by atoms with van der Waals surface area (Å²) in [4.78, 5) is 12.2. The van der Waals surface area contributed by atoms with Crippen molar-refractivity contribution >= 4 is 43.8 Å². The molecule has 2 rings (SSSR count). The van der Waals surface area contributed by atoms with Crippen molar-refractivity contribution < 1.29 is 22.7 Å². The van der Waals surface area contributed by atoms with E-state index in [0.29, 0.717) is 27.2 Å². The van der Waals surface area contributed by atoms with E-state index in [2.05, 4.69) is 26.5 Å². The minimum Gasteiger partial charge on any atom is -0.493 e. The van der Waals surface area contributed by atoms with Gasteiger partial charge in [0.2, 0.25) is 10.0 Å². The first-order valence-electron chi connectivity index (χ1n) is 8.02. The largest absolute Gasteiger partial charge is 0.493 e. The molecule has 8 nitrogen and oxygen atoms in total. The molecule has 1 N–H and O–H groups in total. The number of nitrogens with zero attached hydrogens (tertiary/aromatic N) is 2. The SMILES string of the molecule is COc1ccc(/C=N\NC(=O)CN(c2cccc(Br)c2)S(C)(=O)=O)cc1OC. The second-order valence-electron chi connectivity index (χ2n) is 5.66. The molecule has 150 valence electrons. The minimum absolute atomic E-state index is 0.371. The van der Waals surface area contributed by atoms with Gasteiger partial charge in [0.25, 0.3) is 5.91 Å². The van der Waals surface area contributed by atoms with Crippen LogP contribution in [0.3, 0.4) is 0 Å². The number of ether oxygens (including phenoxy) is 2. The summed E-state index contributed by atoms with van der Waals surface area (Å²) in [6, 6.07) is 11.8. The maximum absolute atomic E-state index is 12.2. The number of halogens is 1. The number of hydrazone groups is 1.